The molecule has 0 aliphatic rings. The lowest BCUT2D eigenvalue weighted by molar-refractivity contribution is 0.665. The second kappa shape index (κ2) is 33.7. The van der Waals surface area contributed by atoms with Gasteiger partial charge in [0.05, 0.1) is 0 Å². The molecule has 0 aliphatic carbocycles. The van der Waals surface area contributed by atoms with E-state index in [9.17, 15) is 0 Å². The van der Waals surface area contributed by atoms with E-state index in [1.165, 1.54) is 213 Å². The Kier molecular flexibility index (Phi) is 23.0. The zero-order valence-corrected chi connectivity index (χ0v) is 71.4. The van der Waals surface area contributed by atoms with Crippen molar-refractivity contribution in [3.63, 3.8) is 0 Å². The van der Waals surface area contributed by atoms with E-state index in [2.05, 4.69) is 384 Å². The van der Waals surface area contributed by atoms with E-state index in [0.717, 1.165) is 22.3 Å². The van der Waals surface area contributed by atoms with Crippen LogP contribution in [-0.4, -0.2) is 0 Å². The maximum atomic E-state index is 5.84. The molecule has 0 saturated carbocycles. The molecule has 6 heteroatoms. The Hall–Kier alpha value is -11.5. The molecule has 0 N–H and O–H groups in total. The fourth-order valence-electron chi connectivity index (χ4n) is 15.4. The Morgan fingerprint density at radius 3 is 0.991 bits per heavy atom. The molecule has 0 atom stereocenters. The van der Waals surface area contributed by atoms with Crippen LogP contribution in [0.25, 0.3) is 146 Å². The standard InChI is InChI=1S/2C14H12O.4C14H12S.2C12H12/c1-9-3-5-13-11(7-9)12-8-10(2)4-6-14(12)15-13;1-9-6-7-13-12(8-9)11-5-3-4-10(2)14(11)15-13;1-9-3-5-13-11(7-9)12-8-10(2)4-6-14(12)15-13;1-9-3-5-11-12-6-4-10(2)8-14(12)15-13(11)7-9;1-9-5-3-7-11-12-8-4-6-10(2)14(12)15-13(9)11;1-9-6-7-13-12(8-9)11-5-3-4-10(2)14(11)15-13;1-9-3-5-11-6-4-10(2)8-12(11)7-9;1-9-7-10(2)12-6-4-3-5-11(12)8-9/h6*3-8H,1-2H3;2*3-8H,1-2H3. The van der Waals surface area contributed by atoms with Gasteiger partial charge in [-0.15, -0.1) is 45.3 Å². The molecule has 0 unspecified atom stereocenters. The molecule has 564 valence electrons. The monoisotopic (exact) mass is 1550 g/mol. The smallest absolute Gasteiger partial charge is 0.138 e. The molecule has 0 saturated heterocycles. The van der Waals surface area contributed by atoms with E-state index in [-0.39, 0.29) is 0 Å². The largest absolute Gasteiger partial charge is 0.456 e. The number of fused-ring (bicyclic) bond motifs is 20. The van der Waals surface area contributed by atoms with Crippen LogP contribution in [0.15, 0.2) is 300 Å². The van der Waals surface area contributed by atoms with Crippen LogP contribution in [0.3, 0.4) is 0 Å². The highest BCUT2D eigenvalue weighted by atomic mass is 32.1. The predicted molar refractivity (Wildman–Crippen MR) is 508 cm³/mol. The van der Waals surface area contributed by atoms with Crippen molar-refractivity contribution in [3.8, 4) is 0 Å². The number of aryl methyl sites for hydroxylation is 16. The van der Waals surface area contributed by atoms with Crippen molar-refractivity contribution in [1.29, 1.82) is 0 Å². The van der Waals surface area contributed by atoms with Gasteiger partial charge in [0, 0.05) is 102 Å². The summed E-state index contributed by atoms with van der Waals surface area (Å²) in [5.41, 5.74) is 25.1. The molecule has 6 aromatic heterocycles. The number of hydrogen-bond acceptors (Lipinski definition) is 6. The number of para-hydroxylation sites is 1. The van der Waals surface area contributed by atoms with Crippen LogP contribution in [0.5, 0.6) is 0 Å². The van der Waals surface area contributed by atoms with Crippen molar-refractivity contribution < 1.29 is 8.83 Å². The number of benzene rings is 16. The van der Waals surface area contributed by atoms with Crippen LogP contribution in [0.4, 0.5) is 0 Å². The summed E-state index contributed by atoms with van der Waals surface area (Å²) >= 11 is 7.58. The number of thiophene rings is 4. The predicted octanol–water partition coefficient (Wildman–Crippen LogP) is 34.0. The molecule has 114 heavy (non-hydrogen) atoms. The van der Waals surface area contributed by atoms with E-state index in [0.29, 0.717) is 0 Å². The SMILES string of the molecule is Cc1cc(C)c2ccccc2c1.Cc1ccc2c(c1)sc1cc(C)ccc12.Cc1ccc2ccc(C)cc2c1.Cc1ccc2oc3c(C)cccc3c2c1.Cc1ccc2oc3ccc(C)cc3c2c1.Cc1ccc2sc3c(C)cccc3c2c1.Cc1ccc2sc3ccc(C)cc3c2c1.Cc1cccc2c1sc1c(C)cccc12. The highest BCUT2D eigenvalue weighted by Crippen LogP contribution is 2.41. The average molecular weight is 1550 g/mol. The average Bonchev–Trinajstić information content (AvgIpc) is 1.64. The minimum atomic E-state index is 0.973. The first-order chi connectivity index (χ1) is 55.0. The summed E-state index contributed by atoms with van der Waals surface area (Å²) < 4.78 is 22.9. The van der Waals surface area contributed by atoms with Gasteiger partial charge in [-0.3, -0.25) is 0 Å². The van der Waals surface area contributed by atoms with Crippen LogP contribution in [0, 0.1) is 111 Å². The molecule has 0 bridgehead atoms. The van der Waals surface area contributed by atoms with E-state index < -0.39 is 0 Å². The highest BCUT2D eigenvalue weighted by Gasteiger charge is 2.13. The fourth-order valence-corrected chi connectivity index (χ4v) is 20.1. The molecule has 0 radical (unpaired) electrons. The van der Waals surface area contributed by atoms with Gasteiger partial charge < -0.3 is 8.83 Å². The first kappa shape index (κ1) is 77.8. The third-order valence-electron chi connectivity index (χ3n) is 21.3. The quantitative estimate of drug-likeness (QED) is 0.151. The lowest BCUT2D eigenvalue weighted by atomic mass is 10.0. The molecule has 0 amide bonds. The molecular weight excluding hydrogens is 1460 g/mol. The Bertz CT molecular complexity index is 6760. The third-order valence-corrected chi connectivity index (χ3v) is 26.4. The summed E-state index contributed by atoms with van der Waals surface area (Å²) in [6, 6.07) is 104. The summed E-state index contributed by atoms with van der Waals surface area (Å²) in [5, 5.41) is 21.4. The van der Waals surface area contributed by atoms with Gasteiger partial charge in [-0.25, -0.2) is 0 Å². The van der Waals surface area contributed by atoms with Crippen molar-refractivity contribution in [2.45, 2.75) is 111 Å². The number of rotatable bonds is 0. The molecule has 6 heterocycles. The minimum Gasteiger partial charge on any atom is -0.456 e. The molecule has 22 rings (SSSR count). The van der Waals surface area contributed by atoms with Crippen molar-refractivity contribution >= 4 is 191 Å². The van der Waals surface area contributed by atoms with E-state index in [1.807, 2.05) is 63.5 Å². The molecule has 0 aliphatic heterocycles. The molecular formula is C108H96O2S4. The van der Waals surface area contributed by atoms with E-state index in [4.69, 9.17) is 8.83 Å². The third kappa shape index (κ3) is 17.1. The van der Waals surface area contributed by atoms with Crippen LogP contribution < -0.4 is 0 Å². The van der Waals surface area contributed by atoms with E-state index in [1.54, 1.807) is 0 Å². The minimum absolute atomic E-state index is 0.973. The Labute approximate surface area is 685 Å². The lowest BCUT2D eigenvalue weighted by Crippen LogP contribution is -1.80. The Morgan fingerprint density at radius 1 is 0.167 bits per heavy atom. The second-order valence-electron chi connectivity index (χ2n) is 31.1. The zero-order chi connectivity index (χ0) is 79.6. The van der Waals surface area contributed by atoms with Gasteiger partial charge >= 0.3 is 0 Å². The topological polar surface area (TPSA) is 26.3 Å². The van der Waals surface area contributed by atoms with Gasteiger partial charge in [-0.05, 0) is 256 Å². The second-order valence-corrected chi connectivity index (χ2v) is 35.3. The van der Waals surface area contributed by atoms with Crippen LogP contribution in [0.1, 0.15) is 89.0 Å². The van der Waals surface area contributed by atoms with Crippen LogP contribution in [-0.2, 0) is 0 Å². The Balaban J connectivity index is 0.000000103. The van der Waals surface area contributed by atoms with Gasteiger partial charge in [-0.1, -0.05) is 256 Å². The molecule has 16 aromatic carbocycles. The molecule has 22 aromatic rings. The normalized spacial score (nSPS) is 11.2. The maximum absolute atomic E-state index is 5.84. The first-order valence-corrected chi connectivity index (χ1v) is 42.6. The summed E-state index contributed by atoms with van der Waals surface area (Å²) in [4.78, 5) is 0. The van der Waals surface area contributed by atoms with Crippen molar-refractivity contribution in [3.05, 3.63) is 380 Å². The van der Waals surface area contributed by atoms with Gasteiger partial charge in [0.15, 0.2) is 0 Å². The van der Waals surface area contributed by atoms with Gasteiger partial charge in [-0.2, -0.15) is 0 Å². The lowest BCUT2D eigenvalue weighted by Gasteiger charge is -2.02. The van der Waals surface area contributed by atoms with Gasteiger partial charge in [0.25, 0.3) is 0 Å². The summed E-state index contributed by atoms with van der Waals surface area (Å²) in [6.45, 7) is 34.3. The van der Waals surface area contributed by atoms with Crippen LogP contribution >= 0.6 is 45.3 Å². The fraction of sp³-hybridized carbons (Fsp3) is 0.148. The Morgan fingerprint density at radius 2 is 0.500 bits per heavy atom. The van der Waals surface area contributed by atoms with Gasteiger partial charge in [0.1, 0.15) is 22.3 Å². The molecule has 2 nitrogen and oxygen atoms in total. The summed E-state index contributed by atoms with van der Waals surface area (Å²) in [5.74, 6) is 0. The van der Waals surface area contributed by atoms with Crippen LogP contribution in [0.2, 0.25) is 0 Å². The van der Waals surface area contributed by atoms with Gasteiger partial charge in [0.2, 0.25) is 0 Å². The number of furan rings is 2. The summed E-state index contributed by atoms with van der Waals surface area (Å²) in [6.07, 6.45) is 0. The maximum Gasteiger partial charge on any atom is 0.138 e. The van der Waals surface area contributed by atoms with Crippen molar-refractivity contribution in [2.75, 3.05) is 0 Å². The van der Waals surface area contributed by atoms with E-state index >= 15 is 0 Å². The van der Waals surface area contributed by atoms with Crippen molar-refractivity contribution in [2.24, 2.45) is 0 Å². The van der Waals surface area contributed by atoms with Crippen molar-refractivity contribution in [1.82, 2.24) is 0 Å². The molecule has 0 spiro atoms. The first-order valence-electron chi connectivity index (χ1n) is 39.3. The number of hydrogen-bond donors (Lipinski definition) is 0. The summed E-state index contributed by atoms with van der Waals surface area (Å²) in [7, 11) is 0. The molecule has 0 fully saturated rings. The highest BCUT2D eigenvalue weighted by molar-refractivity contribution is 7.27. The zero-order valence-electron chi connectivity index (χ0n) is 68.2.